The first-order valence-electron chi connectivity index (χ1n) is 5.72. The van der Waals surface area contributed by atoms with Crippen molar-refractivity contribution in [3.8, 4) is 0 Å². The maximum absolute atomic E-state index is 11.5. The van der Waals surface area contributed by atoms with Gasteiger partial charge in [-0.2, -0.15) is 0 Å². The van der Waals surface area contributed by atoms with E-state index in [0.717, 1.165) is 12.8 Å². The molecule has 3 heteroatoms. The Morgan fingerprint density at radius 1 is 1.53 bits per heavy atom. The zero-order chi connectivity index (χ0) is 11.6. The van der Waals surface area contributed by atoms with Crippen LogP contribution in [-0.4, -0.2) is 23.8 Å². The van der Waals surface area contributed by atoms with E-state index >= 15 is 0 Å². The van der Waals surface area contributed by atoms with Crippen LogP contribution in [-0.2, 0) is 9.53 Å². The highest BCUT2D eigenvalue weighted by atomic mass is 16.5. The number of rotatable bonds is 2. The van der Waals surface area contributed by atoms with Crippen molar-refractivity contribution in [2.24, 2.45) is 17.8 Å². The number of methoxy groups -OCH3 is 1. The Kier molecular flexibility index (Phi) is 3.77. The molecule has 15 heavy (non-hydrogen) atoms. The van der Waals surface area contributed by atoms with Gasteiger partial charge < -0.3 is 9.84 Å². The Balaban J connectivity index is 2.77. The van der Waals surface area contributed by atoms with Crippen LogP contribution in [0.5, 0.6) is 0 Å². The molecule has 1 aliphatic rings. The van der Waals surface area contributed by atoms with Crippen LogP contribution in [0, 0.1) is 17.8 Å². The van der Waals surface area contributed by atoms with Crippen LogP contribution in [0.15, 0.2) is 0 Å². The molecule has 4 unspecified atom stereocenters. The number of carbonyl (C=O) groups is 1. The fraction of sp³-hybridized carbons (Fsp3) is 0.917. The normalized spacial score (nSPS) is 38.5. The first-order chi connectivity index (χ1) is 6.91. The second-order valence-electron chi connectivity index (χ2n) is 5.02. The van der Waals surface area contributed by atoms with Crippen molar-refractivity contribution in [1.29, 1.82) is 0 Å². The molecule has 1 saturated carbocycles. The molecular formula is C12H22O3. The maximum atomic E-state index is 11.5. The van der Waals surface area contributed by atoms with Crippen LogP contribution >= 0.6 is 0 Å². The van der Waals surface area contributed by atoms with Crippen LogP contribution in [0.25, 0.3) is 0 Å². The lowest BCUT2D eigenvalue weighted by atomic mass is 9.67. The number of aliphatic hydroxyl groups is 1. The van der Waals surface area contributed by atoms with Gasteiger partial charge in [0.25, 0.3) is 0 Å². The Hall–Kier alpha value is -0.570. The lowest BCUT2D eigenvalue weighted by molar-refractivity contribution is -0.163. The van der Waals surface area contributed by atoms with Gasteiger partial charge in [0.2, 0.25) is 0 Å². The molecule has 1 aliphatic carbocycles. The summed E-state index contributed by atoms with van der Waals surface area (Å²) in [6.45, 7) is 5.98. The Labute approximate surface area is 91.8 Å². The van der Waals surface area contributed by atoms with E-state index in [9.17, 15) is 9.90 Å². The van der Waals surface area contributed by atoms with Crippen LogP contribution in [0.3, 0.4) is 0 Å². The van der Waals surface area contributed by atoms with Crippen molar-refractivity contribution in [3.63, 3.8) is 0 Å². The summed E-state index contributed by atoms with van der Waals surface area (Å²) in [4.78, 5) is 11.5. The van der Waals surface area contributed by atoms with Crippen molar-refractivity contribution in [1.82, 2.24) is 0 Å². The first-order valence-corrected chi connectivity index (χ1v) is 5.72. The minimum absolute atomic E-state index is 0.162. The topological polar surface area (TPSA) is 46.5 Å². The predicted molar refractivity (Wildman–Crippen MR) is 58.3 cm³/mol. The Bertz CT molecular complexity index is 239. The Morgan fingerprint density at radius 2 is 2.13 bits per heavy atom. The molecule has 1 rings (SSSR count). The molecule has 0 heterocycles. The van der Waals surface area contributed by atoms with Crippen molar-refractivity contribution in [3.05, 3.63) is 0 Å². The molecule has 0 amide bonds. The number of carbonyl (C=O) groups excluding carboxylic acids is 1. The van der Waals surface area contributed by atoms with Gasteiger partial charge in [0.1, 0.15) is 0 Å². The standard InChI is InChI=1S/C12H22O3/c1-8-5-6-12(14,9(2)7-8)10(3)11(13)15-4/h8-10,14H,5-7H2,1-4H3. The number of esters is 1. The third kappa shape index (κ3) is 2.33. The molecule has 0 aromatic heterocycles. The molecule has 0 radical (unpaired) electrons. The van der Waals surface area contributed by atoms with E-state index in [4.69, 9.17) is 4.74 Å². The van der Waals surface area contributed by atoms with E-state index in [0.29, 0.717) is 12.3 Å². The van der Waals surface area contributed by atoms with Crippen LogP contribution in [0.2, 0.25) is 0 Å². The Morgan fingerprint density at radius 3 is 2.60 bits per heavy atom. The molecular weight excluding hydrogens is 192 g/mol. The third-order valence-electron chi connectivity index (χ3n) is 3.95. The second-order valence-corrected chi connectivity index (χ2v) is 5.02. The summed E-state index contributed by atoms with van der Waals surface area (Å²) < 4.78 is 4.71. The number of ether oxygens (including phenoxy) is 1. The summed E-state index contributed by atoms with van der Waals surface area (Å²) in [5.74, 6) is 0.0735. The highest BCUT2D eigenvalue weighted by molar-refractivity contribution is 5.73. The molecule has 1 N–H and O–H groups in total. The fourth-order valence-corrected chi connectivity index (χ4v) is 2.67. The van der Waals surface area contributed by atoms with E-state index in [2.05, 4.69) is 6.92 Å². The predicted octanol–water partition coefficient (Wildman–Crippen LogP) is 1.98. The van der Waals surface area contributed by atoms with Crippen LogP contribution < -0.4 is 0 Å². The molecule has 1 fully saturated rings. The van der Waals surface area contributed by atoms with Gasteiger partial charge in [-0.3, -0.25) is 4.79 Å². The van der Waals surface area contributed by atoms with Crippen LogP contribution in [0.1, 0.15) is 40.0 Å². The van der Waals surface area contributed by atoms with Gasteiger partial charge >= 0.3 is 5.97 Å². The minimum Gasteiger partial charge on any atom is -0.469 e. The zero-order valence-corrected chi connectivity index (χ0v) is 10.1. The molecule has 0 aromatic rings. The highest BCUT2D eigenvalue weighted by Crippen LogP contribution is 2.41. The monoisotopic (exact) mass is 214 g/mol. The van der Waals surface area contributed by atoms with E-state index < -0.39 is 11.5 Å². The van der Waals surface area contributed by atoms with E-state index in [1.54, 1.807) is 6.92 Å². The molecule has 0 aromatic carbocycles. The quantitative estimate of drug-likeness (QED) is 0.715. The summed E-state index contributed by atoms with van der Waals surface area (Å²) in [5.41, 5.74) is -0.875. The summed E-state index contributed by atoms with van der Waals surface area (Å²) >= 11 is 0. The average molecular weight is 214 g/mol. The number of hydrogen-bond acceptors (Lipinski definition) is 3. The first kappa shape index (κ1) is 12.5. The van der Waals surface area contributed by atoms with Crippen molar-refractivity contribution in [2.75, 3.05) is 7.11 Å². The smallest absolute Gasteiger partial charge is 0.311 e. The molecule has 0 aliphatic heterocycles. The lowest BCUT2D eigenvalue weighted by Crippen LogP contribution is -2.49. The lowest BCUT2D eigenvalue weighted by Gasteiger charge is -2.43. The largest absolute Gasteiger partial charge is 0.469 e. The zero-order valence-electron chi connectivity index (χ0n) is 10.1. The molecule has 3 nitrogen and oxygen atoms in total. The summed E-state index contributed by atoms with van der Waals surface area (Å²) in [6, 6.07) is 0. The van der Waals surface area contributed by atoms with Gasteiger partial charge in [-0.15, -0.1) is 0 Å². The number of hydrogen-bond donors (Lipinski definition) is 1. The van der Waals surface area contributed by atoms with E-state index in [-0.39, 0.29) is 11.9 Å². The molecule has 0 spiro atoms. The van der Waals surface area contributed by atoms with Gasteiger partial charge in [0.15, 0.2) is 0 Å². The second kappa shape index (κ2) is 4.52. The fourth-order valence-electron chi connectivity index (χ4n) is 2.67. The summed E-state index contributed by atoms with van der Waals surface area (Å²) in [7, 11) is 1.37. The molecule has 0 bridgehead atoms. The van der Waals surface area contributed by atoms with Crippen molar-refractivity contribution in [2.45, 2.75) is 45.6 Å². The van der Waals surface area contributed by atoms with Crippen molar-refractivity contribution < 1.29 is 14.6 Å². The van der Waals surface area contributed by atoms with Gasteiger partial charge in [-0.05, 0) is 38.0 Å². The van der Waals surface area contributed by atoms with E-state index in [1.807, 2.05) is 6.92 Å². The minimum atomic E-state index is -0.875. The SMILES string of the molecule is COC(=O)C(C)C1(O)CCC(C)CC1C. The van der Waals surface area contributed by atoms with Gasteiger partial charge in [-0.25, -0.2) is 0 Å². The molecule has 0 saturated heterocycles. The van der Waals surface area contributed by atoms with Gasteiger partial charge in [0, 0.05) is 0 Å². The summed E-state index contributed by atoms with van der Waals surface area (Å²) in [5, 5.41) is 10.5. The molecule has 88 valence electrons. The van der Waals surface area contributed by atoms with E-state index in [1.165, 1.54) is 7.11 Å². The summed E-state index contributed by atoms with van der Waals surface area (Å²) in [6.07, 6.45) is 2.67. The maximum Gasteiger partial charge on any atom is 0.311 e. The molecule has 4 atom stereocenters. The average Bonchev–Trinajstić information content (AvgIpc) is 2.22. The third-order valence-corrected chi connectivity index (χ3v) is 3.95. The van der Waals surface area contributed by atoms with Crippen molar-refractivity contribution >= 4 is 5.97 Å². The van der Waals surface area contributed by atoms with Gasteiger partial charge in [0.05, 0.1) is 18.6 Å². The highest BCUT2D eigenvalue weighted by Gasteiger charge is 2.45. The van der Waals surface area contributed by atoms with Crippen LogP contribution in [0.4, 0.5) is 0 Å². The van der Waals surface area contributed by atoms with Gasteiger partial charge in [-0.1, -0.05) is 13.8 Å².